The summed E-state index contributed by atoms with van der Waals surface area (Å²) >= 11 is 4.90. The molecule has 0 unspecified atom stereocenters. The number of imidazole rings is 1. The van der Waals surface area contributed by atoms with Crippen LogP contribution in [0.2, 0.25) is 0 Å². The van der Waals surface area contributed by atoms with Gasteiger partial charge >= 0.3 is 0 Å². The molecule has 0 atom stereocenters. The molecule has 0 spiro atoms. The molecular formula is C13H17N3S. The molecule has 2 N–H and O–H groups in total. The summed E-state index contributed by atoms with van der Waals surface area (Å²) in [6, 6.07) is 8.24. The molecule has 4 heteroatoms. The van der Waals surface area contributed by atoms with Crippen molar-refractivity contribution in [3.63, 3.8) is 0 Å². The van der Waals surface area contributed by atoms with Gasteiger partial charge in [-0.15, -0.1) is 0 Å². The summed E-state index contributed by atoms with van der Waals surface area (Å²) in [5.74, 6) is 1.13. The smallest absolute Gasteiger partial charge is 0.109 e. The summed E-state index contributed by atoms with van der Waals surface area (Å²) in [7, 11) is 0. The summed E-state index contributed by atoms with van der Waals surface area (Å²) in [6.45, 7) is 3.06. The molecule has 90 valence electrons. The number of rotatable bonds is 5. The highest BCUT2D eigenvalue weighted by atomic mass is 32.1. The standard InChI is InChI=1S/C13H17N3S/c1-2-13-15-10-6-3-4-7-11(10)16(13)9-5-8-12(14)17/h3-4,6-7H,2,5,8-9H2,1H3,(H2,14,17). The van der Waals surface area contributed by atoms with E-state index in [1.54, 1.807) is 0 Å². The zero-order valence-electron chi connectivity index (χ0n) is 10.0. The normalized spacial score (nSPS) is 10.9. The monoisotopic (exact) mass is 247 g/mol. The minimum Gasteiger partial charge on any atom is -0.393 e. The molecule has 17 heavy (non-hydrogen) atoms. The quantitative estimate of drug-likeness (QED) is 0.826. The van der Waals surface area contributed by atoms with Crippen molar-refractivity contribution in [2.24, 2.45) is 5.73 Å². The molecule has 3 nitrogen and oxygen atoms in total. The van der Waals surface area contributed by atoms with E-state index in [1.165, 1.54) is 5.52 Å². The molecule has 0 aliphatic heterocycles. The number of para-hydroxylation sites is 2. The van der Waals surface area contributed by atoms with E-state index in [0.717, 1.165) is 37.1 Å². The Morgan fingerprint density at radius 1 is 1.41 bits per heavy atom. The maximum atomic E-state index is 5.52. The molecule has 1 heterocycles. The predicted octanol–water partition coefficient (Wildman–Crippen LogP) is 2.67. The van der Waals surface area contributed by atoms with E-state index in [1.807, 2.05) is 12.1 Å². The summed E-state index contributed by atoms with van der Waals surface area (Å²) in [6.07, 6.45) is 2.72. The first-order valence-corrected chi connectivity index (χ1v) is 6.35. The number of benzene rings is 1. The summed E-state index contributed by atoms with van der Waals surface area (Å²) < 4.78 is 2.27. The lowest BCUT2D eigenvalue weighted by molar-refractivity contribution is 0.643. The van der Waals surface area contributed by atoms with Crippen molar-refractivity contribution in [2.45, 2.75) is 32.7 Å². The minimum atomic E-state index is 0.590. The number of hydrogen-bond acceptors (Lipinski definition) is 2. The number of aromatic nitrogens is 2. The van der Waals surface area contributed by atoms with Crippen LogP contribution >= 0.6 is 12.2 Å². The zero-order chi connectivity index (χ0) is 12.3. The molecule has 0 fully saturated rings. The number of thiocarbonyl (C=S) groups is 1. The molecule has 0 saturated carbocycles. The molecule has 0 radical (unpaired) electrons. The lowest BCUT2D eigenvalue weighted by Gasteiger charge is -2.07. The van der Waals surface area contributed by atoms with Gasteiger partial charge in [-0.1, -0.05) is 31.3 Å². The third-order valence-electron chi connectivity index (χ3n) is 2.85. The molecule has 2 rings (SSSR count). The predicted molar refractivity (Wildman–Crippen MR) is 75.1 cm³/mol. The Labute approximate surface area is 107 Å². The van der Waals surface area contributed by atoms with Crippen molar-refractivity contribution in [1.29, 1.82) is 0 Å². The fourth-order valence-corrected chi connectivity index (χ4v) is 2.20. The van der Waals surface area contributed by atoms with Crippen LogP contribution in [0.3, 0.4) is 0 Å². The van der Waals surface area contributed by atoms with Crippen molar-refractivity contribution in [2.75, 3.05) is 0 Å². The Kier molecular flexibility index (Phi) is 3.74. The first-order chi connectivity index (χ1) is 8.22. The summed E-state index contributed by atoms with van der Waals surface area (Å²) in [5.41, 5.74) is 7.79. The van der Waals surface area contributed by atoms with Gasteiger partial charge in [0.05, 0.1) is 16.0 Å². The fourth-order valence-electron chi connectivity index (χ4n) is 2.06. The van der Waals surface area contributed by atoms with Gasteiger partial charge in [-0.2, -0.15) is 0 Å². The van der Waals surface area contributed by atoms with Crippen LogP contribution < -0.4 is 5.73 Å². The van der Waals surface area contributed by atoms with Gasteiger partial charge < -0.3 is 10.3 Å². The van der Waals surface area contributed by atoms with E-state index in [-0.39, 0.29) is 0 Å². The van der Waals surface area contributed by atoms with Gasteiger partial charge in [0.25, 0.3) is 0 Å². The summed E-state index contributed by atoms with van der Waals surface area (Å²) in [4.78, 5) is 5.22. The van der Waals surface area contributed by atoms with Gasteiger partial charge in [0.2, 0.25) is 0 Å². The maximum absolute atomic E-state index is 5.52. The van der Waals surface area contributed by atoms with Crippen LogP contribution in [0.15, 0.2) is 24.3 Å². The van der Waals surface area contributed by atoms with E-state index in [9.17, 15) is 0 Å². The average Bonchev–Trinajstić information content (AvgIpc) is 2.67. The van der Waals surface area contributed by atoms with E-state index in [2.05, 4.69) is 28.6 Å². The lowest BCUT2D eigenvalue weighted by atomic mass is 10.3. The largest absolute Gasteiger partial charge is 0.393 e. The van der Waals surface area contributed by atoms with Gasteiger partial charge in [-0.3, -0.25) is 0 Å². The van der Waals surface area contributed by atoms with E-state index in [0.29, 0.717) is 4.99 Å². The van der Waals surface area contributed by atoms with Crippen LogP contribution in [-0.4, -0.2) is 14.5 Å². The van der Waals surface area contributed by atoms with Crippen molar-refractivity contribution < 1.29 is 0 Å². The second-order valence-electron chi connectivity index (χ2n) is 4.09. The van der Waals surface area contributed by atoms with Crippen LogP contribution in [0, 0.1) is 0 Å². The molecule has 0 aliphatic rings. The van der Waals surface area contributed by atoms with Gasteiger partial charge in [-0.05, 0) is 25.0 Å². The van der Waals surface area contributed by atoms with Crippen molar-refractivity contribution in [1.82, 2.24) is 9.55 Å². The van der Waals surface area contributed by atoms with Gasteiger partial charge in [-0.25, -0.2) is 4.98 Å². The maximum Gasteiger partial charge on any atom is 0.109 e. The van der Waals surface area contributed by atoms with Crippen molar-refractivity contribution in [3.8, 4) is 0 Å². The van der Waals surface area contributed by atoms with E-state index >= 15 is 0 Å². The number of aryl methyl sites for hydroxylation is 2. The molecule has 0 aliphatic carbocycles. The topological polar surface area (TPSA) is 43.8 Å². The number of hydrogen-bond donors (Lipinski definition) is 1. The Morgan fingerprint density at radius 3 is 2.88 bits per heavy atom. The first-order valence-electron chi connectivity index (χ1n) is 5.95. The Hall–Kier alpha value is -1.42. The van der Waals surface area contributed by atoms with Crippen LogP contribution in [0.4, 0.5) is 0 Å². The number of nitrogens with zero attached hydrogens (tertiary/aromatic N) is 2. The Morgan fingerprint density at radius 2 is 2.18 bits per heavy atom. The Balaban J connectivity index is 2.27. The molecule has 1 aromatic heterocycles. The second-order valence-corrected chi connectivity index (χ2v) is 4.62. The number of nitrogens with two attached hydrogens (primary N) is 1. The highest BCUT2D eigenvalue weighted by Crippen LogP contribution is 2.17. The SMILES string of the molecule is CCc1nc2ccccc2n1CCCC(N)=S. The summed E-state index contributed by atoms with van der Waals surface area (Å²) in [5, 5.41) is 0. The van der Waals surface area contributed by atoms with Crippen LogP contribution in [0.5, 0.6) is 0 Å². The number of fused-ring (bicyclic) bond motifs is 1. The van der Waals surface area contributed by atoms with Gasteiger partial charge in [0, 0.05) is 13.0 Å². The fraction of sp³-hybridized carbons (Fsp3) is 0.385. The first kappa shape index (κ1) is 12.0. The van der Waals surface area contributed by atoms with Crippen LogP contribution in [0.25, 0.3) is 11.0 Å². The molecular weight excluding hydrogens is 230 g/mol. The molecule has 0 amide bonds. The van der Waals surface area contributed by atoms with Gasteiger partial charge in [0.1, 0.15) is 5.82 Å². The lowest BCUT2D eigenvalue weighted by Crippen LogP contribution is -2.10. The van der Waals surface area contributed by atoms with Crippen LogP contribution in [0.1, 0.15) is 25.6 Å². The third-order valence-corrected chi connectivity index (χ3v) is 3.06. The minimum absolute atomic E-state index is 0.590. The van der Waals surface area contributed by atoms with Crippen LogP contribution in [-0.2, 0) is 13.0 Å². The zero-order valence-corrected chi connectivity index (χ0v) is 10.8. The highest BCUT2D eigenvalue weighted by molar-refractivity contribution is 7.80. The van der Waals surface area contributed by atoms with E-state index < -0.39 is 0 Å². The third kappa shape index (κ3) is 2.64. The second kappa shape index (κ2) is 5.27. The molecule has 2 aromatic rings. The average molecular weight is 247 g/mol. The van der Waals surface area contributed by atoms with Crippen molar-refractivity contribution >= 4 is 28.2 Å². The van der Waals surface area contributed by atoms with Gasteiger partial charge in [0.15, 0.2) is 0 Å². The van der Waals surface area contributed by atoms with Crippen molar-refractivity contribution in [3.05, 3.63) is 30.1 Å². The Bertz CT molecular complexity index is 530. The molecule has 0 saturated heterocycles. The molecule has 1 aromatic carbocycles. The molecule has 0 bridgehead atoms. The highest BCUT2D eigenvalue weighted by Gasteiger charge is 2.07. The van der Waals surface area contributed by atoms with E-state index in [4.69, 9.17) is 18.0 Å².